The molecule has 0 radical (unpaired) electrons. The summed E-state index contributed by atoms with van der Waals surface area (Å²) >= 11 is 6.20. The summed E-state index contributed by atoms with van der Waals surface area (Å²) < 4.78 is 2.20. The van der Waals surface area contributed by atoms with Crippen molar-refractivity contribution in [1.82, 2.24) is 9.99 Å². The van der Waals surface area contributed by atoms with Gasteiger partial charge in [-0.05, 0) is 47.0 Å². The van der Waals surface area contributed by atoms with Gasteiger partial charge in [-0.3, -0.25) is 4.79 Å². The van der Waals surface area contributed by atoms with Gasteiger partial charge in [0.05, 0.1) is 24.0 Å². The largest absolute Gasteiger partial charge is 0.309 e. The van der Waals surface area contributed by atoms with Crippen molar-refractivity contribution in [3.05, 3.63) is 137 Å². The van der Waals surface area contributed by atoms with Gasteiger partial charge in [0.15, 0.2) is 0 Å². The van der Waals surface area contributed by atoms with Crippen molar-refractivity contribution in [2.75, 3.05) is 0 Å². The van der Waals surface area contributed by atoms with Gasteiger partial charge in [-0.1, -0.05) is 103 Å². The molecule has 5 rings (SSSR count). The lowest BCUT2D eigenvalue weighted by molar-refractivity contribution is -0.120. The van der Waals surface area contributed by atoms with E-state index in [0.717, 1.165) is 39.3 Å². The van der Waals surface area contributed by atoms with Crippen LogP contribution in [0.1, 0.15) is 11.1 Å². The van der Waals surface area contributed by atoms with Crippen LogP contribution in [0.2, 0.25) is 5.02 Å². The Morgan fingerprint density at radius 1 is 0.778 bits per heavy atom. The third kappa shape index (κ3) is 5.29. The van der Waals surface area contributed by atoms with Crippen molar-refractivity contribution >= 4 is 23.7 Å². The number of hydrogen-bond donors (Lipinski definition) is 1. The van der Waals surface area contributed by atoms with Crippen LogP contribution in [0.4, 0.5) is 0 Å². The molecule has 0 bridgehead atoms. The maximum Gasteiger partial charge on any atom is 0.244 e. The second-order valence-electron chi connectivity index (χ2n) is 8.33. The van der Waals surface area contributed by atoms with Gasteiger partial charge in [0, 0.05) is 16.3 Å². The molecule has 5 heteroatoms. The van der Waals surface area contributed by atoms with Crippen LogP contribution in [-0.2, 0) is 11.2 Å². The van der Waals surface area contributed by atoms with E-state index in [1.165, 1.54) is 0 Å². The number of rotatable bonds is 7. The number of hydrogen-bond acceptors (Lipinski definition) is 2. The highest BCUT2D eigenvalue weighted by atomic mass is 35.5. The Labute approximate surface area is 215 Å². The predicted molar refractivity (Wildman–Crippen MR) is 148 cm³/mol. The van der Waals surface area contributed by atoms with Gasteiger partial charge in [-0.25, -0.2) is 5.43 Å². The van der Waals surface area contributed by atoms with Crippen molar-refractivity contribution in [2.24, 2.45) is 5.10 Å². The van der Waals surface area contributed by atoms with E-state index in [-0.39, 0.29) is 12.3 Å². The molecule has 36 heavy (non-hydrogen) atoms. The fourth-order valence-corrected chi connectivity index (χ4v) is 4.32. The average Bonchev–Trinajstić information content (AvgIpc) is 3.30. The highest BCUT2D eigenvalue weighted by Gasteiger charge is 2.18. The quantitative estimate of drug-likeness (QED) is 0.191. The van der Waals surface area contributed by atoms with Crippen LogP contribution in [0, 0.1) is 0 Å². The monoisotopic (exact) mass is 489 g/mol. The number of hydrazone groups is 1. The van der Waals surface area contributed by atoms with Crippen molar-refractivity contribution in [1.29, 1.82) is 0 Å². The van der Waals surface area contributed by atoms with Crippen LogP contribution in [-0.4, -0.2) is 16.7 Å². The lowest BCUT2D eigenvalue weighted by Gasteiger charge is -2.15. The minimum absolute atomic E-state index is 0.167. The first kappa shape index (κ1) is 23.3. The van der Waals surface area contributed by atoms with E-state index in [1.807, 2.05) is 91.0 Å². The fourth-order valence-electron chi connectivity index (χ4n) is 4.19. The molecule has 0 aliphatic heterocycles. The molecule has 1 N–H and O–H groups in total. The first-order valence-electron chi connectivity index (χ1n) is 11.7. The van der Waals surface area contributed by atoms with E-state index < -0.39 is 0 Å². The number of benzene rings is 4. The standard InChI is InChI=1S/C31H24ClN3O/c32-27-16-18-28(19-17-27)35-29(24-12-6-2-7-13-24)21-26(31(35)25-14-8-3-9-15-25)22-33-34-30(36)20-23-10-4-1-5-11-23/h1-19,21-22H,20H2,(H,34,36)/b33-22-. The summed E-state index contributed by atoms with van der Waals surface area (Å²) in [6.07, 6.45) is 1.98. The molecule has 0 unspecified atom stereocenters. The van der Waals surface area contributed by atoms with Crippen molar-refractivity contribution in [2.45, 2.75) is 6.42 Å². The van der Waals surface area contributed by atoms with Gasteiger partial charge in [0.1, 0.15) is 0 Å². The molecule has 0 saturated carbocycles. The Morgan fingerprint density at radius 2 is 1.36 bits per heavy atom. The Hall–Kier alpha value is -4.41. The van der Waals surface area contributed by atoms with E-state index >= 15 is 0 Å². The van der Waals surface area contributed by atoms with Gasteiger partial charge < -0.3 is 4.57 Å². The van der Waals surface area contributed by atoms with Crippen molar-refractivity contribution in [3.63, 3.8) is 0 Å². The number of aromatic nitrogens is 1. The SMILES string of the molecule is O=C(Cc1ccccc1)N/N=C\c1cc(-c2ccccc2)n(-c2ccc(Cl)cc2)c1-c1ccccc1. The van der Waals surface area contributed by atoms with E-state index in [0.29, 0.717) is 5.02 Å². The molecule has 5 aromatic rings. The van der Waals surface area contributed by atoms with Crippen LogP contribution in [0.5, 0.6) is 0 Å². The molecule has 0 aliphatic carbocycles. The molecule has 0 spiro atoms. The van der Waals surface area contributed by atoms with Gasteiger partial charge in [-0.15, -0.1) is 0 Å². The highest BCUT2D eigenvalue weighted by Crippen LogP contribution is 2.35. The Kier molecular flexibility index (Phi) is 7.06. The third-order valence-electron chi connectivity index (χ3n) is 5.83. The van der Waals surface area contributed by atoms with E-state index in [1.54, 1.807) is 6.21 Å². The van der Waals surface area contributed by atoms with Crippen molar-refractivity contribution in [3.8, 4) is 28.2 Å². The zero-order valence-electron chi connectivity index (χ0n) is 19.5. The summed E-state index contributed by atoms with van der Waals surface area (Å²) in [6, 6.07) is 39.9. The predicted octanol–water partition coefficient (Wildman–Crippen LogP) is 7.16. The second-order valence-corrected chi connectivity index (χ2v) is 8.77. The van der Waals surface area contributed by atoms with Crippen molar-refractivity contribution < 1.29 is 4.79 Å². The Balaban J connectivity index is 1.58. The summed E-state index contributed by atoms with van der Waals surface area (Å²) in [5.41, 5.74) is 9.56. The minimum Gasteiger partial charge on any atom is -0.309 e. The van der Waals surface area contributed by atoms with Gasteiger partial charge in [-0.2, -0.15) is 5.10 Å². The summed E-state index contributed by atoms with van der Waals surface area (Å²) in [5, 5.41) is 5.00. The van der Waals surface area contributed by atoms with Gasteiger partial charge >= 0.3 is 0 Å². The molecular formula is C31H24ClN3O. The number of carbonyl (C=O) groups excluding carboxylic acids is 1. The lowest BCUT2D eigenvalue weighted by Crippen LogP contribution is -2.19. The summed E-state index contributed by atoms with van der Waals surface area (Å²) in [4.78, 5) is 12.5. The Morgan fingerprint density at radius 3 is 2.00 bits per heavy atom. The molecule has 1 aromatic heterocycles. The topological polar surface area (TPSA) is 46.4 Å². The third-order valence-corrected chi connectivity index (χ3v) is 6.08. The maximum atomic E-state index is 12.5. The molecule has 0 fully saturated rings. The molecule has 0 atom stereocenters. The highest BCUT2D eigenvalue weighted by molar-refractivity contribution is 6.30. The molecular weight excluding hydrogens is 466 g/mol. The maximum absolute atomic E-state index is 12.5. The second kappa shape index (κ2) is 10.9. The molecule has 1 amide bonds. The zero-order chi connectivity index (χ0) is 24.7. The number of nitrogens with one attached hydrogen (secondary N) is 1. The first-order chi connectivity index (χ1) is 17.7. The lowest BCUT2D eigenvalue weighted by atomic mass is 10.1. The Bertz CT molecular complexity index is 1480. The average molecular weight is 490 g/mol. The number of halogens is 1. The molecule has 0 aliphatic rings. The molecule has 176 valence electrons. The molecule has 0 saturated heterocycles. The summed E-state index contributed by atoms with van der Waals surface area (Å²) in [6.45, 7) is 0. The number of nitrogens with zero attached hydrogens (tertiary/aromatic N) is 2. The molecule has 1 heterocycles. The minimum atomic E-state index is -0.167. The zero-order valence-corrected chi connectivity index (χ0v) is 20.3. The fraction of sp³-hybridized carbons (Fsp3) is 0.0323. The van der Waals surface area contributed by atoms with Crippen LogP contribution in [0.3, 0.4) is 0 Å². The van der Waals surface area contributed by atoms with Crippen LogP contribution >= 0.6 is 11.6 Å². The molecule has 4 nitrogen and oxygen atoms in total. The van der Waals surface area contributed by atoms with Crippen LogP contribution in [0.25, 0.3) is 28.2 Å². The van der Waals surface area contributed by atoms with E-state index in [4.69, 9.17) is 11.6 Å². The van der Waals surface area contributed by atoms with E-state index in [9.17, 15) is 4.79 Å². The van der Waals surface area contributed by atoms with Gasteiger partial charge in [0.25, 0.3) is 0 Å². The smallest absolute Gasteiger partial charge is 0.244 e. The number of amides is 1. The summed E-state index contributed by atoms with van der Waals surface area (Å²) in [5.74, 6) is -0.167. The van der Waals surface area contributed by atoms with Crippen LogP contribution in [0.15, 0.2) is 126 Å². The summed E-state index contributed by atoms with van der Waals surface area (Å²) in [7, 11) is 0. The first-order valence-corrected chi connectivity index (χ1v) is 12.1. The molecule has 4 aromatic carbocycles. The number of carbonyl (C=O) groups is 1. The normalized spacial score (nSPS) is 11.0. The van der Waals surface area contributed by atoms with E-state index in [2.05, 4.69) is 45.4 Å². The van der Waals surface area contributed by atoms with Gasteiger partial charge in [0.2, 0.25) is 5.91 Å². The van der Waals surface area contributed by atoms with Crippen LogP contribution < -0.4 is 5.43 Å².